The molecule has 1 aromatic carbocycles. The van der Waals surface area contributed by atoms with Gasteiger partial charge in [0.05, 0.1) is 13.7 Å². The van der Waals surface area contributed by atoms with Crippen molar-refractivity contribution in [2.75, 3.05) is 7.11 Å². The van der Waals surface area contributed by atoms with Crippen LogP contribution in [0, 0.1) is 6.92 Å². The van der Waals surface area contributed by atoms with E-state index in [2.05, 4.69) is 46.5 Å². The van der Waals surface area contributed by atoms with Gasteiger partial charge < -0.3 is 14.3 Å². The third kappa shape index (κ3) is 4.84. The van der Waals surface area contributed by atoms with Gasteiger partial charge >= 0.3 is 5.97 Å². The highest BCUT2D eigenvalue weighted by atomic mass is 28.4. The highest BCUT2D eigenvalue weighted by molar-refractivity contribution is 6.78. The van der Waals surface area contributed by atoms with Crippen LogP contribution in [0.1, 0.15) is 63.4 Å². The summed E-state index contributed by atoms with van der Waals surface area (Å²) in [6.07, 6.45) is 0. The van der Waals surface area contributed by atoms with Crippen LogP contribution in [0.25, 0.3) is 0 Å². The molecule has 0 aliphatic heterocycles. The first-order chi connectivity index (χ1) is 14.4. The topological polar surface area (TPSA) is 90.7 Å². The zero-order valence-corrected chi connectivity index (χ0v) is 20.7. The SMILES string of the molecule is COc1ccc(Cn2c(C)nc(C(=O)O)c(O[Si](C(C)C)(C(C)C)C(C)C)c2=O)cc1. The quantitative estimate of drug-likeness (QED) is 0.553. The van der Waals surface area contributed by atoms with E-state index in [9.17, 15) is 14.7 Å². The first kappa shape index (κ1) is 24.7. The van der Waals surface area contributed by atoms with E-state index in [0.29, 0.717) is 5.82 Å². The van der Waals surface area contributed by atoms with Crippen molar-refractivity contribution in [3.8, 4) is 11.5 Å². The maximum Gasteiger partial charge on any atom is 0.358 e. The molecule has 1 heterocycles. The van der Waals surface area contributed by atoms with Gasteiger partial charge in [0.2, 0.25) is 5.75 Å². The number of benzene rings is 1. The van der Waals surface area contributed by atoms with E-state index in [1.807, 2.05) is 24.3 Å². The molecule has 0 radical (unpaired) electrons. The van der Waals surface area contributed by atoms with Crippen molar-refractivity contribution in [1.29, 1.82) is 0 Å². The standard InChI is InChI=1S/C23H34N2O5Si/c1-14(2)31(15(3)4,16(5)6)30-21-20(23(27)28)24-17(7)25(22(21)26)13-18-9-11-19(29-8)12-10-18/h9-12,14-16H,13H2,1-8H3,(H,27,28). The van der Waals surface area contributed by atoms with Gasteiger partial charge in [-0.15, -0.1) is 0 Å². The van der Waals surface area contributed by atoms with E-state index in [1.54, 1.807) is 14.0 Å². The van der Waals surface area contributed by atoms with Gasteiger partial charge in [-0.3, -0.25) is 9.36 Å². The van der Waals surface area contributed by atoms with Gasteiger partial charge in [-0.05, 0) is 41.2 Å². The second kappa shape index (κ2) is 9.68. The van der Waals surface area contributed by atoms with Gasteiger partial charge in [-0.25, -0.2) is 9.78 Å². The second-order valence-electron chi connectivity index (χ2n) is 8.80. The van der Waals surface area contributed by atoms with Crippen LogP contribution < -0.4 is 14.7 Å². The number of ether oxygens (including phenoxy) is 1. The summed E-state index contributed by atoms with van der Waals surface area (Å²) in [5.74, 6) is -0.352. The number of aromatic carboxylic acids is 1. The molecule has 7 nitrogen and oxygen atoms in total. The molecule has 0 aliphatic carbocycles. The number of aryl methyl sites for hydroxylation is 1. The van der Waals surface area contributed by atoms with Crippen LogP contribution >= 0.6 is 0 Å². The molecule has 0 atom stereocenters. The van der Waals surface area contributed by atoms with Crippen molar-refractivity contribution in [1.82, 2.24) is 9.55 Å². The number of carboxylic acids is 1. The highest BCUT2D eigenvalue weighted by Gasteiger charge is 2.48. The molecule has 1 aromatic heterocycles. The average molecular weight is 447 g/mol. The molecule has 0 saturated heterocycles. The van der Waals surface area contributed by atoms with E-state index >= 15 is 0 Å². The molecule has 0 fully saturated rings. The Balaban J connectivity index is 2.66. The molecule has 8 heteroatoms. The Kier molecular flexibility index (Phi) is 7.70. The number of nitrogens with zero attached hydrogens (tertiary/aromatic N) is 2. The lowest BCUT2D eigenvalue weighted by Gasteiger charge is -2.42. The van der Waals surface area contributed by atoms with Crippen molar-refractivity contribution in [2.45, 2.75) is 71.6 Å². The van der Waals surface area contributed by atoms with Gasteiger partial charge in [0, 0.05) is 0 Å². The summed E-state index contributed by atoms with van der Waals surface area (Å²) in [6.45, 7) is 14.4. The molecular formula is C23H34N2O5Si. The van der Waals surface area contributed by atoms with Crippen LogP contribution in [0.3, 0.4) is 0 Å². The first-order valence-corrected chi connectivity index (χ1v) is 12.8. The molecular weight excluding hydrogens is 412 g/mol. The Hall–Kier alpha value is -2.61. The highest BCUT2D eigenvalue weighted by Crippen LogP contribution is 2.42. The number of carboxylic acid groups (broad SMARTS) is 1. The van der Waals surface area contributed by atoms with Crippen LogP contribution in [-0.4, -0.2) is 36.1 Å². The van der Waals surface area contributed by atoms with E-state index < -0.39 is 19.8 Å². The summed E-state index contributed by atoms with van der Waals surface area (Å²) in [4.78, 5) is 29.8. The van der Waals surface area contributed by atoms with E-state index in [1.165, 1.54) is 4.57 Å². The van der Waals surface area contributed by atoms with Crippen LogP contribution in [0.4, 0.5) is 0 Å². The molecule has 0 aliphatic rings. The lowest BCUT2D eigenvalue weighted by molar-refractivity contribution is 0.0686. The number of rotatable bonds is 9. The minimum atomic E-state index is -2.55. The summed E-state index contributed by atoms with van der Waals surface area (Å²) in [7, 11) is -0.962. The Morgan fingerprint density at radius 2 is 1.58 bits per heavy atom. The fraction of sp³-hybridized carbons (Fsp3) is 0.522. The maximum absolute atomic E-state index is 13.5. The molecule has 1 N–H and O–H groups in total. The Morgan fingerprint density at radius 1 is 1.06 bits per heavy atom. The molecule has 31 heavy (non-hydrogen) atoms. The van der Waals surface area contributed by atoms with Gasteiger partial charge in [-0.2, -0.15) is 0 Å². The summed E-state index contributed by atoms with van der Waals surface area (Å²) in [5, 5.41) is 9.78. The number of aromatic nitrogens is 2. The van der Waals surface area contributed by atoms with Crippen LogP contribution in [-0.2, 0) is 6.54 Å². The number of hydrogen-bond donors (Lipinski definition) is 1. The van der Waals surface area contributed by atoms with Crippen molar-refractivity contribution >= 4 is 14.3 Å². The number of hydrogen-bond acceptors (Lipinski definition) is 5. The average Bonchev–Trinajstić information content (AvgIpc) is 2.69. The van der Waals surface area contributed by atoms with Crippen LogP contribution in [0.5, 0.6) is 11.5 Å². The third-order valence-corrected chi connectivity index (χ3v) is 12.0. The van der Waals surface area contributed by atoms with Crippen LogP contribution in [0.2, 0.25) is 16.6 Å². The Labute approximate surface area is 185 Å². The minimum absolute atomic E-state index is 0.144. The smallest absolute Gasteiger partial charge is 0.358 e. The lowest BCUT2D eigenvalue weighted by Crippen LogP contribution is -2.52. The van der Waals surface area contributed by atoms with Crippen molar-refractivity contribution in [3.05, 3.63) is 51.7 Å². The van der Waals surface area contributed by atoms with Gasteiger partial charge in [-0.1, -0.05) is 53.7 Å². The lowest BCUT2D eigenvalue weighted by atomic mass is 10.2. The molecule has 0 bridgehead atoms. The molecule has 170 valence electrons. The minimum Gasteiger partial charge on any atom is -0.537 e. The largest absolute Gasteiger partial charge is 0.537 e. The Bertz CT molecular complexity index is 959. The molecule has 0 spiro atoms. The predicted octanol–water partition coefficient (Wildman–Crippen LogP) is 4.86. The number of methoxy groups -OCH3 is 1. The summed E-state index contributed by atoms with van der Waals surface area (Å²) in [6, 6.07) is 7.37. The summed E-state index contributed by atoms with van der Waals surface area (Å²) < 4.78 is 13.2. The Morgan fingerprint density at radius 3 is 2.00 bits per heavy atom. The van der Waals surface area contributed by atoms with Crippen LogP contribution in [0.15, 0.2) is 29.1 Å². The molecule has 0 unspecified atom stereocenters. The molecule has 2 rings (SSSR count). The monoisotopic (exact) mass is 446 g/mol. The van der Waals surface area contributed by atoms with E-state index in [-0.39, 0.29) is 34.6 Å². The zero-order chi connectivity index (χ0) is 23.5. The molecule has 0 saturated carbocycles. The van der Waals surface area contributed by atoms with Crippen molar-refractivity contribution < 1.29 is 19.1 Å². The second-order valence-corrected chi connectivity index (χ2v) is 14.2. The van der Waals surface area contributed by atoms with Gasteiger partial charge in [0.1, 0.15) is 11.6 Å². The van der Waals surface area contributed by atoms with E-state index in [4.69, 9.17) is 9.16 Å². The fourth-order valence-corrected chi connectivity index (χ4v) is 9.76. The van der Waals surface area contributed by atoms with E-state index in [0.717, 1.165) is 11.3 Å². The summed E-state index contributed by atoms with van der Waals surface area (Å²) >= 11 is 0. The van der Waals surface area contributed by atoms with Gasteiger partial charge in [0.25, 0.3) is 13.9 Å². The van der Waals surface area contributed by atoms with Crippen molar-refractivity contribution in [3.63, 3.8) is 0 Å². The molecule has 2 aromatic rings. The third-order valence-electron chi connectivity index (χ3n) is 6.01. The number of carbonyl (C=O) groups is 1. The predicted molar refractivity (Wildman–Crippen MR) is 124 cm³/mol. The fourth-order valence-electron chi connectivity index (χ4n) is 4.51. The maximum atomic E-state index is 13.5. The normalized spacial score (nSPS) is 12.0. The first-order valence-electron chi connectivity index (χ1n) is 10.6. The van der Waals surface area contributed by atoms with Crippen molar-refractivity contribution in [2.24, 2.45) is 0 Å². The summed E-state index contributed by atoms with van der Waals surface area (Å²) in [5.41, 5.74) is 0.661. The zero-order valence-electron chi connectivity index (χ0n) is 19.7. The molecule has 0 amide bonds. The van der Waals surface area contributed by atoms with Gasteiger partial charge in [0.15, 0.2) is 5.69 Å².